The lowest BCUT2D eigenvalue weighted by molar-refractivity contribution is -0.116. The van der Waals surface area contributed by atoms with E-state index in [1.807, 2.05) is 6.92 Å². The summed E-state index contributed by atoms with van der Waals surface area (Å²) in [7, 11) is 1.24. The minimum absolute atomic E-state index is 0.0538. The average Bonchev–Trinajstić information content (AvgIpc) is 2.99. The van der Waals surface area contributed by atoms with Crippen LogP contribution in [-0.2, 0) is 16.1 Å². The maximum absolute atomic E-state index is 11.7. The third-order valence-electron chi connectivity index (χ3n) is 2.23. The van der Waals surface area contributed by atoms with Crippen LogP contribution in [0.5, 0.6) is 0 Å². The number of carbonyl (C=O) groups excluding carboxylic acids is 2. The first-order chi connectivity index (χ1) is 9.56. The summed E-state index contributed by atoms with van der Waals surface area (Å²) in [5, 5.41) is 18.9. The van der Waals surface area contributed by atoms with Crippen LogP contribution in [0.2, 0.25) is 0 Å². The second-order valence-corrected chi connectivity index (χ2v) is 3.90. The standard InChI is InChI=1S/C10H13N7O3/c1-6-3-7(14-13-6)11-9(18)5-17-4-8(15-16-17)12-10(19)20-2/h3-4H,5H2,1-2H3,(H,12,19)(H2,11,13,14,18). The van der Waals surface area contributed by atoms with Crippen molar-refractivity contribution >= 4 is 23.6 Å². The molecule has 0 spiro atoms. The molecule has 0 radical (unpaired) electrons. The van der Waals surface area contributed by atoms with Gasteiger partial charge in [0.25, 0.3) is 0 Å². The number of aromatic nitrogens is 5. The Morgan fingerprint density at radius 1 is 1.40 bits per heavy atom. The van der Waals surface area contributed by atoms with Gasteiger partial charge in [0.15, 0.2) is 11.6 Å². The molecule has 0 unspecified atom stereocenters. The van der Waals surface area contributed by atoms with Crippen LogP contribution in [0, 0.1) is 6.92 Å². The van der Waals surface area contributed by atoms with Gasteiger partial charge in [0.05, 0.1) is 13.3 Å². The van der Waals surface area contributed by atoms with Crippen molar-refractivity contribution in [3.8, 4) is 0 Å². The van der Waals surface area contributed by atoms with E-state index in [4.69, 9.17) is 0 Å². The smallest absolute Gasteiger partial charge is 0.412 e. The van der Waals surface area contributed by atoms with Gasteiger partial charge in [-0.2, -0.15) is 5.10 Å². The Kier molecular flexibility index (Phi) is 3.93. The molecule has 0 bridgehead atoms. The fourth-order valence-corrected chi connectivity index (χ4v) is 1.40. The average molecular weight is 279 g/mol. The molecule has 0 atom stereocenters. The van der Waals surface area contributed by atoms with Crippen LogP contribution in [0.4, 0.5) is 16.4 Å². The molecule has 10 nitrogen and oxygen atoms in total. The Balaban J connectivity index is 1.89. The predicted octanol–water partition coefficient (Wildman–Crippen LogP) is 0.127. The van der Waals surface area contributed by atoms with Crippen LogP contribution in [-0.4, -0.2) is 44.3 Å². The number of aryl methyl sites for hydroxylation is 1. The van der Waals surface area contributed by atoms with E-state index in [-0.39, 0.29) is 18.3 Å². The van der Waals surface area contributed by atoms with Crippen molar-refractivity contribution in [2.45, 2.75) is 13.5 Å². The van der Waals surface area contributed by atoms with E-state index in [2.05, 4.69) is 35.9 Å². The van der Waals surface area contributed by atoms with Crippen molar-refractivity contribution in [1.82, 2.24) is 25.2 Å². The third kappa shape index (κ3) is 3.54. The Morgan fingerprint density at radius 3 is 2.85 bits per heavy atom. The van der Waals surface area contributed by atoms with Gasteiger partial charge in [-0.1, -0.05) is 5.21 Å². The number of hydrogen-bond donors (Lipinski definition) is 3. The van der Waals surface area contributed by atoms with Crippen LogP contribution in [0.3, 0.4) is 0 Å². The van der Waals surface area contributed by atoms with Crippen LogP contribution in [0.25, 0.3) is 0 Å². The lowest BCUT2D eigenvalue weighted by atomic mass is 10.4. The van der Waals surface area contributed by atoms with Crippen LogP contribution >= 0.6 is 0 Å². The maximum atomic E-state index is 11.7. The number of rotatable bonds is 4. The van der Waals surface area contributed by atoms with E-state index < -0.39 is 6.09 Å². The highest BCUT2D eigenvalue weighted by Gasteiger charge is 2.09. The molecule has 2 rings (SSSR count). The molecular weight excluding hydrogens is 266 g/mol. The number of carbonyl (C=O) groups is 2. The number of ether oxygens (including phenoxy) is 1. The van der Waals surface area contributed by atoms with Gasteiger partial charge in [-0.05, 0) is 6.92 Å². The molecule has 3 N–H and O–H groups in total. The zero-order valence-corrected chi connectivity index (χ0v) is 10.9. The van der Waals surface area contributed by atoms with Gasteiger partial charge in [0, 0.05) is 11.8 Å². The number of anilines is 2. The number of H-pyrrole nitrogens is 1. The molecule has 0 saturated carbocycles. The molecule has 106 valence electrons. The third-order valence-corrected chi connectivity index (χ3v) is 2.23. The van der Waals surface area contributed by atoms with Crippen LogP contribution in [0.15, 0.2) is 12.3 Å². The summed E-state index contributed by atoms with van der Waals surface area (Å²) in [6.07, 6.45) is 0.750. The summed E-state index contributed by atoms with van der Waals surface area (Å²) in [4.78, 5) is 22.7. The van der Waals surface area contributed by atoms with Crippen molar-refractivity contribution in [1.29, 1.82) is 0 Å². The normalized spacial score (nSPS) is 10.1. The van der Waals surface area contributed by atoms with E-state index in [0.717, 1.165) is 5.69 Å². The monoisotopic (exact) mass is 279 g/mol. The quantitative estimate of drug-likeness (QED) is 0.729. The summed E-state index contributed by atoms with van der Waals surface area (Å²) in [6, 6.07) is 1.70. The number of hydrogen-bond acceptors (Lipinski definition) is 6. The molecule has 0 aromatic carbocycles. The number of amides is 2. The van der Waals surface area contributed by atoms with E-state index in [0.29, 0.717) is 5.82 Å². The molecule has 20 heavy (non-hydrogen) atoms. The summed E-state index contributed by atoms with van der Waals surface area (Å²) in [5.41, 5.74) is 0.839. The molecule has 2 aromatic heterocycles. The Labute approximate surface area is 113 Å². The minimum atomic E-state index is -0.659. The van der Waals surface area contributed by atoms with Crippen molar-refractivity contribution in [3.05, 3.63) is 18.0 Å². The van der Waals surface area contributed by atoms with E-state index in [1.165, 1.54) is 18.0 Å². The molecule has 2 heterocycles. The maximum Gasteiger partial charge on any atom is 0.412 e. The number of methoxy groups -OCH3 is 1. The molecule has 10 heteroatoms. The fraction of sp³-hybridized carbons (Fsp3) is 0.300. The molecule has 0 aliphatic carbocycles. The van der Waals surface area contributed by atoms with Crippen molar-refractivity contribution in [2.75, 3.05) is 17.7 Å². The molecule has 0 aliphatic heterocycles. The Bertz CT molecular complexity index is 618. The highest BCUT2D eigenvalue weighted by molar-refractivity contribution is 5.89. The fourth-order valence-electron chi connectivity index (χ4n) is 1.40. The zero-order valence-electron chi connectivity index (χ0n) is 10.9. The van der Waals surface area contributed by atoms with Gasteiger partial charge in [-0.25, -0.2) is 9.48 Å². The van der Waals surface area contributed by atoms with Gasteiger partial charge in [-0.15, -0.1) is 5.10 Å². The summed E-state index contributed by atoms with van der Waals surface area (Å²) in [6.45, 7) is 1.77. The summed E-state index contributed by atoms with van der Waals surface area (Å²) >= 11 is 0. The second kappa shape index (κ2) is 5.82. The number of aromatic amines is 1. The van der Waals surface area contributed by atoms with E-state index >= 15 is 0 Å². The summed E-state index contributed by atoms with van der Waals surface area (Å²) in [5.74, 6) is 0.312. The largest absolute Gasteiger partial charge is 0.453 e. The topological polar surface area (TPSA) is 127 Å². The minimum Gasteiger partial charge on any atom is -0.453 e. The highest BCUT2D eigenvalue weighted by atomic mass is 16.5. The Morgan fingerprint density at radius 2 is 2.20 bits per heavy atom. The first-order valence-corrected chi connectivity index (χ1v) is 5.64. The lowest BCUT2D eigenvalue weighted by Crippen LogP contribution is -2.19. The van der Waals surface area contributed by atoms with Gasteiger partial charge < -0.3 is 10.1 Å². The first-order valence-electron chi connectivity index (χ1n) is 5.64. The zero-order chi connectivity index (χ0) is 14.5. The van der Waals surface area contributed by atoms with E-state index in [1.54, 1.807) is 6.07 Å². The van der Waals surface area contributed by atoms with Gasteiger partial charge in [0.2, 0.25) is 5.91 Å². The van der Waals surface area contributed by atoms with Gasteiger partial charge in [0.1, 0.15) is 6.54 Å². The molecule has 0 aliphatic rings. The van der Waals surface area contributed by atoms with Gasteiger partial charge >= 0.3 is 6.09 Å². The SMILES string of the molecule is COC(=O)Nc1cn(CC(=O)Nc2cc(C)[nH]n2)nn1. The van der Waals surface area contributed by atoms with Crippen LogP contribution in [0.1, 0.15) is 5.69 Å². The molecule has 0 saturated heterocycles. The highest BCUT2D eigenvalue weighted by Crippen LogP contribution is 2.04. The van der Waals surface area contributed by atoms with Crippen molar-refractivity contribution in [2.24, 2.45) is 0 Å². The summed E-state index contributed by atoms with van der Waals surface area (Å²) < 4.78 is 5.69. The number of nitrogens with one attached hydrogen (secondary N) is 3. The molecule has 2 aromatic rings. The molecule has 2 amide bonds. The van der Waals surface area contributed by atoms with E-state index in [9.17, 15) is 9.59 Å². The first kappa shape index (κ1) is 13.5. The van der Waals surface area contributed by atoms with Gasteiger partial charge in [-0.3, -0.25) is 15.2 Å². The predicted molar refractivity (Wildman–Crippen MR) is 68.0 cm³/mol. The Hall–Kier alpha value is -2.91. The lowest BCUT2D eigenvalue weighted by Gasteiger charge is -2.00. The number of nitrogens with zero attached hydrogens (tertiary/aromatic N) is 4. The van der Waals surface area contributed by atoms with Crippen molar-refractivity contribution in [3.63, 3.8) is 0 Å². The molecular formula is C10H13N7O3. The van der Waals surface area contributed by atoms with Crippen molar-refractivity contribution < 1.29 is 14.3 Å². The van der Waals surface area contributed by atoms with Crippen LogP contribution < -0.4 is 10.6 Å². The second-order valence-electron chi connectivity index (χ2n) is 3.90. The molecule has 0 fully saturated rings.